The highest BCUT2D eigenvalue weighted by Crippen LogP contribution is 2.10. The van der Waals surface area contributed by atoms with E-state index in [1.54, 1.807) is 4.90 Å². The summed E-state index contributed by atoms with van der Waals surface area (Å²) in [5.74, 6) is 0. The Morgan fingerprint density at radius 3 is 2.22 bits per heavy atom. The Balaban J connectivity index is 1.68. The van der Waals surface area contributed by atoms with Crippen LogP contribution in [0.1, 0.15) is 13.8 Å². The molecule has 2 heterocycles. The van der Waals surface area contributed by atoms with Gasteiger partial charge in [0.15, 0.2) is 0 Å². The zero-order chi connectivity index (χ0) is 17.0. The first kappa shape index (κ1) is 18.4. The quantitative estimate of drug-likeness (QED) is 0.732. The molecule has 0 aliphatic carbocycles. The van der Waals surface area contributed by atoms with Gasteiger partial charge < -0.3 is 15.0 Å². The van der Waals surface area contributed by atoms with Crippen LogP contribution in [-0.2, 0) is 14.8 Å². The number of carbonyl (C=O) groups is 1. The van der Waals surface area contributed by atoms with Gasteiger partial charge in [-0.15, -0.1) is 0 Å². The summed E-state index contributed by atoms with van der Waals surface area (Å²) in [5.41, 5.74) is 0. The van der Waals surface area contributed by atoms with Crippen molar-refractivity contribution in [1.29, 1.82) is 0 Å². The van der Waals surface area contributed by atoms with Crippen molar-refractivity contribution in [2.24, 2.45) is 0 Å². The number of nitrogens with zero attached hydrogens (tertiary/aromatic N) is 3. The minimum atomic E-state index is -3.16. The van der Waals surface area contributed by atoms with E-state index >= 15 is 0 Å². The van der Waals surface area contributed by atoms with E-state index in [1.807, 2.05) is 0 Å². The van der Waals surface area contributed by atoms with Crippen LogP contribution >= 0.6 is 0 Å². The Morgan fingerprint density at radius 2 is 1.70 bits per heavy atom. The summed E-state index contributed by atoms with van der Waals surface area (Å²) in [6.07, 6.45) is 1.64. The second-order valence-electron chi connectivity index (χ2n) is 6.40. The maximum atomic E-state index is 12.1. The summed E-state index contributed by atoms with van der Waals surface area (Å²) < 4.78 is 30.0. The van der Waals surface area contributed by atoms with Crippen molar-refractivity contribution in [3.8, 4) is 0 Å². The van der Waals surface area contributed by atoms with Gasteiger partial charge in [-0.1, -0.05) is 0 Å². The van der Waals surface area contributed by atoms with Crippen LogP contribution in [0.5, 0.6) is 0 Å². The molecule has 2 fully saturated rings. The molecule has 0 bridgehead atoms. The molecule has 2 rings (SSSR count). The largest absolute Gasteiger partial charge is 0.373 e. The highest BCUT2D eigenvalue weighted by atomic mass is 32.2. The number of carbonyl (C=O) groups excluding carboxylic acids is 1. The molecule has 0 saturated carbocycles. The predicted molar refractivity (Wildman–Crippen MR) is 87.8 cm³/mol. The summed E-state index contributed by atoms with van der Waals surface area (Å²) in [6.45, 7) is 8.87. The van der Waals surface area contributed by atoms with Crippen LogP contribution in [0.2, 0.25) is 0 Å². The average Bonchev–Trinajstić information content (AvgIpc) is 2.45. The molecule has 0 radical (unpaired) electrons. The molecular formula is C14H28N4O4S. The second-order valence-corrected chi connectivity index (χ2v) is 8.38. The first-order valence-corrected chi connectivity index (χ1v) is 9.96. The summed E-state index contributed by atoms with van der Waals surface area (Å²) in [6, 6.07) is -0.118. The molecule has 2 amide bonds. The fraction of sp³-hybridized carbons (Fsp3) is 0.929. The molecule has 2 saturated heterocycles. The molecule has 134 valence electrons. The van der Waals surface area contributed by atoms with Crippen molar-refractivity contribution in [3.63, 3.8) is 0 Å². The zero-order valence-electron chi connectivity index (χ0n) is 14.2. The van der Waals surface area contributed by atoms with E-state index in [2.05, 4.69) is 24.1 Å². The van der Waals surface area contributed by atoms with E-state index in [1.165, 1.54) is 10.6 Å². The van der Waals surface area contributed by atoms with Gasteiger partial charge in [0.25, 0.3) is 0 Å². The lowest BCUT2D eigenvalue weighted by atomic mass is 10.2. The monoisotopic (exact) mass is 348 g/mol. The van der Waals surface area contributed by atoms with E-state index in [9.17, 15) is 13.2 Å². The van der Waals surface area contributed by atoms with Crippen molar-refractivity contribution in [2.75, 3.05) is 58.6 Å². The smallest absolute Gasteiger partial charge is 0.317 e. The Hall–Kier alpha value is -0.900. The molecule has 2 aliphatic rings. The molecule has 8 nitrogen and oxygen atoms in total. The molecule has 0 spiro atoms. The van der Waals surface area contributed by atoms with Gasteiger partial charge in [-0.25, -0.2) is 13.2 Å². The van der Waals surface area contributed by atoms with Gasteiger partial charge in [0, 0.05) is 52.4 Å². The third-order valence-corrected chi connectivity index (χ3v) is 5.50. The van der Waals surface area contributed by atoms with Crippen LogP contribution in [0.4, 0.5) is 4.79 Å². The summed E-state index contributed by atoms with van der Waals surface area (Å²) >= 11 is 0. The molecule has 2 atom stereocenters. The number of nitrogens with one attached hydrogen (secondary N) is 1. The number of sulfonamides is 1. The lowest BCUT2D eigenvalue weighted by molar-refractivity contribution is -0.0672. The minimum Gasteiger partial charge on any atom is -0.373 e. The fourth-order valence-electron chi connectivity index (χ4n) is 3.12. The Kier molecular flexibility index (Phi) is 6.24. The summed E-state index contributed by atoms with van der Waals surface area (Å²) in [7, 11) is -3.16. The molecule has 0 aromatic rings. The van der Waals surface area contributed by atoms with E-state index in [0.717, 1.165) is 19.6 Å². The predicted octanol–water partition coefficient (Wildman–Crippen LogP) is -0.618. The average molecular weight is 348 g/mol. The van der Waals surface area contributed by atoms with Crippen molar-refractivity contribution in [1.82, 2.24) is 19.4 Å². The second kappa shape index (κ2) is 7.78. The third-order valence-electron chi connectivity index (χ3n) is 4.19. The van der Waals surface area contributed by atoms with Crippen molar-refractivity contribution in [3.05, 3.63) is 0 Å². The number of morpholine rings is 1. The number of rotatable bonds is 4. The van der Waals surface area contributed by atoms with E-state index in [4.69, 9.17) is 4.74 Å². The molecule has 0 aromatic heterocycles. The molecule has 9 heteroatoms. The van der Waals surface area contributed by atoms with E-state index in [0.29, 0.717) is 32.7 Å². The molecular weight excluding hydrogens is 320 g/mol. The van der Waals surface area contributed by atoms with Crippen LogP contribution in [0.25, 0.3) is 0 Å². The molecule has 0 aromatic carbocycles. The van der Waals surface area contributed by atoms with Crippen molar-refractivity contribution >= 4 is 16.1 Å². The van der Waals surface area contributed by atoms with Crippen LogP contribution in [-0.4, -0.2) is 99.4 Å². The van der Waals surface area contributed by atoms with E-state index in [-0.39, 0.29) is 18.2 Å². The maximum Gasteiger partial charge on any atom is 0.317 e. The Bertz CT molecular complexity index is 495. The Labute approximate surface area is 138 Å². The van der Waals surface area contributed by atoms with Gasteiger partial charge in [0.2, 0.25) is 10.0 Å². The SMILES string of the molecule is C[C@@H]1CN(CCNC(=O)N2CCN(S(C)(=O)=O)CC2)C[C@H](C)O1. The number of piperazine rings is 1. The molecule has 2 aliphatic heterocycles. The Morgan fingerprint density at radius 1 is 1.13 bits per heavy atom. The summed E-state index contributed by atoms with van der Waals surface area (Å²) in [5, 5.41) is 2.92. The van der Waals surface area contributed by atoms with Crippen LogP contribution in [0, 0.1) is 0 Å². The zero-order valence-corrected chi connectivity index (χ0v) is 15.0. The van der Waals surface area contributed by atoms with Crippen molar-refractivity contribution < 1.29 is 17.9 Å². The van der Waals surface area contributed by atoms with Gasteiger partial charge >= 0.3 is 6.03 Å². The molecule has 0 unspecified atom stereocenters. The van der Waals surface area contributed by atoms with Gasteiger partial charge in [0.1, 0.15) is 0 Å². The lowest BCUT2D eigenvalue weighted by Gasteiger charge is -2.36. The number of ether oxygens (including phenoxy) is 1. The first-order valence-electron chi connectivity index (χ1n) is 8.11. The number of hydrogen-bond acceptors (Lipinski definition) is 5. The van der Waals surface area contributed by atoms with E-state index < -0.39 is 10.0 Å². The van der Waals surface area contributed by atoms with Crippen LogP contribution in [0.3, 0.4) is 0 Å². The maximum absolute atomic E-state index is 12.1. The fourth-order valence-corrected chi connectivity index (χ4v) is 3.95. The highest BCUT2D eigenvalue weighted by molar-refractivity contribution is 7.88. The van der Waals surface area contributed by atoms with Gasteiger partial charge in [-0.2, -0.15) is 4.31 Å². The molecule has 1 N–H and O–H groups in total. The number of amides is 2. The summed E-state index contributed by atoms with van der Waals surface area (Å²) in [4.78, 5) is 16.1. The minimum absolute atomic E-state index is 0.118. The lowest BCUT2D eigenvalue weighted by Crippen LogP contribution is -2.54. The van der Waals surface area contributed by atoms with Gasteiger partial charge in [0.05, 0.1) is 18.5 Å². The van der Waals surface area contributed by atoms with Crippen LogP contribution in [0.15, 0.2) is 0 Å². The first-order chi connectivity index (χ1) is 10.8. The topological polar surface area (TPSA) is 82.2 Å². The number of urea groups is 1. The highest BCUT2D eigenvalue weighted by Gasteiger charge is 2.26. The third kappa shape index (κ3) is 5.59. The van der Waals surface area contributed by atoms with Gasteiger partial charge in [-0.05, 0) is 13.8 Å². The van der Waals surface area contributed by atoms with Crippen molar-refractivity contribution in [2.45, 2.75) is 26.1 Å². The molecule has 23 heavy (non-hydrogen) atoms. The standard InChI is InChI=1S/C14H28N4O4S/c1-12-10-16(11-13(2)22-12)5-4-15-14(19)17-6-8-18(9-7-17)23(3,20)21/h12-13H,4-11H2,1-3H3,(H,15,19)/t12-,13+. The number of hydrogen-bond donors (Lipinski definition) is 1. The van der Waals surface area contributed by atoms with Gasteiger partial charge in [-0.3, -0.25) is 4.90 Å². The normalized spacial score (nSPS) is 27.9. The van der Waals surface area contributed by atoms with Crippen LogP contribution < -0.4 is 5.32 Å².